The van der Waals surface area contributed by atoms with E-state index < -0.39 is 41.1 Å². The smallest absolute Gasteiger partial charge is 0.268 e. The van der Waals surface area contributed by atoms with Crippen LogP contribution in [0.4, 0.5) is 0 Å². The molecule has 2 heterocycles. The molecule has 4 amide bonds. The highest BCUT2D eigenvalue weighted by Crippen LogP contribution is 2.21. The first kappa shape index (κ1) is 21.9. The van der Waals surface area contributed by atoms with Crippen molar-refractivity contribution in [3.63, 3.8) is 0 Å². The number of H-pyrrole nitrogens is 1. The van der Waals surface area contributed by atoms with Crippen LogP contribution in [-0.4, -0.2) is 35.2 Å². The van der Waals surface area contributed by atoms with E-state index in [1.807, 2.05) is 42.5 Å². The monoisotopic (exact) mass is 446 g/mol. The normalized spacial score (nSPS) is 16.3. The molecule has 3 aromatic rings. The quantitative estimate of drug-likeness (QED) is 0.404. The zero-order chi connectivity index (χ0) is 23.4. The maximum atomic E-state index is 12.8. The van der Waals surface area contributed by atoms with Gasteiger partial charge >= 0.3 is 0 Å². The fraction of sp³-hybridized carbons (Fsp3) is 0.208. The summed E-state index contributed by atoms with van der Waals surface area (Å²) >= 11 is 0. The van der Waals surface area contributed by atoms with Crippen LogP contribution in [0.2, 0.25) is 0 Å². The largest absolute Gasteiger partial charge is 0.354 e. The number of nitrogens with one attached hydrogen (secondary N) is 4. The van der Waals surface area contributed by atoms with Crippen molar-refractivity contribution in [2.24, 2.45) is 5.92 Å². The van der Waals surface area contributed by atoms with Crippen molar-refractivity contribution in [2.45, 2.75) is 18.9 Å². The lowest BCUT2D eigenvalue weighted by Gasteiger charge is -2.21. The summed E-state index contributed by atoms with van der Waals surface area (Å²) in [6.45, 7) is 0.0578. The minimum Gasteiger partial charge on any atom is -0.354 e. The lowest BCUT2D eigenvalue weighted by atomic mass is 10.0. The van der Waals surface area contributed by atoms with Crippen LogP contribution in [-0.2, 0) is 14.4 Å². The third-order valence-electron chi connectivity index (χ3n) is 5.49. The second-order valence-corrected chi connectivity index (χ2v) is 7.88. The van der Waals surface area contributed by atoms with E-state index in [-0.39, 0.29) is 25.1 Å². The number of carbonyl (C=O) groups excluding carboxylic acids is 4. The van der Waals surface area contributed by atoms with Crippen LogP contribution in [0.25, 0.3) is 10.8 Å². The molecule has 0 saturated carbocycles. The fourth-order valence-electron chi connectivity index (χ4n) is 3.78. The van der Waals surface area contributed by atoms with Crippen LogP contribution in [0.1, 0.15) is 34.9 Å². The molecule has 1 aliphatic heterocycles. The van der Waals surface area contributed by atoms with Gasteiger partial charge in [-0.3, -0.25) is 29.3 Å². The van der Waals surface area contributed by atoms with Crippen LogP contribution >= 0.6 is 0 Å². The van der Waals surface area contributed by atoms with Gasteiger partial charge in [0, 0.05) is 25.5 Å². The van der Waals surface area contributed by atoms with Gasteiger partial charge in [0.1, 0.15) is 5.69 Å². The van der Waals surface area contributed by atoms with E-state index in [9.17, 15) is 24.0 Å². The van der Waals surface area contributed by atoms with Crippen molar-refractivity contribution < 1.29 is 19.2 Å². The number of carbonyl (C=O) groups is 4. The lowest BCUT2D eigenvalue weighted by molar-refractivity contribution is -0.129. The molecule has 4 N–H and O–H groups in total. The molecule has 1 aliphatic rings. The Morgan fingerprint density at radius 1 is 0.970 bits per heavy atom. The number of aromatic nitrogens is 1. The van der Waals surface area contributed by atoms with Gasteiger partial charge in [-0.05, 0) is 28.5 Å². The molecule has 9 nitrogen and oxygen atoms in total. The van der Waals surface area contributed by atoms with E-state index in [0.29, 0.717) is 0 Å². The first-order chi connectivity index (χ1) is 15.9. The number of fused-ring (bicyclic) bond motifs is 1. The van der Waals surface area contributed by atoms with Crippen molar-refractivity contribution in [3.05, 3.63) is 82.3 Å². The fourth-order valence-corrected chi connectivity index (χ4v) is 3.78. The lowest BCUT2D eigenvalue weighted by Crippen LogP contribution is -2.39. The Hall–Kier alpha value is -4.27. The first-order valence-corrected chi connectivity index (χ1v) is 10.5. The number of hydrogen-bond donors (Lipinski definition) is 4. The highest BCUT2D eigenvalue weighted by molar-refractivity contribution is 6.04. The number of amides is 4. The molecule has 168 valence electrons. The molecule has 2 unspecified atom stereocenters. The summed E-state index contributed by atoms with van der Waals surface area (Å²) in [4.78, 5) is 62.3. The predicted molar refractivity (Wildman–Crippen MR) is 120 cm³/mol. The van der Waals surface area contributed by atoms with Crippen LogP contribution in [0.15, 0.2) is 65.5 Å². The summed E-state index contributed by atoms with van der Waals surface area (Å²) in [6.07, 6.45) is -0.138. The van der Waals surface area contributed by atoms with Gasteiger partial charge in [0.2, 0.25) is 23.3 Å². The molecule has 0 aliphatic carbocycles. The van der Waals surface area contributed by atoms with Crippen LogP contribution in [0, 0.1) is 5.92 Å². The van der Waals surface area contributed by atoms with Gasteiger partial charge in [-0.1, -0.05) is 42.5 Å². The maximum absolute atomic E-state index is 12.8. The average molecular weight is 446 g/mol. The zero-order valence-electron chi connectivity index (χ0n) is 17.6. The van der Waals surface area contributed by atoms with Gasteiger partial charge in [-0.15, -0.1) is 0 Å². The summed E-state index contributed by atoms with van der Waals surface area (Å²) in [5, 5.41) is 9.77. The van der Waals surface area contributed by atoms with E-state index in [0.717, 1.165) is 16.3 Å². The van der Waals surface area contributed by atoms with E-state index in [2.05, 4.69) is 20.9 Å². The summed E-state index contributed by atoms with van der Waals surface area (Å²) < 4.78 is 0. The third kappa shape index (κ3) is 5.32. The molecular formula is C24H22N4O5. The highest BCUT2D eigenvalue weighted by Gasteiger charge is 2.32. The standard InChI is InChI=1S/C24H22N4O5/c29-20-7-3-6-18(26-20)24(33)27-19(16-9-8-14-4-1-2-5-15(14)10-16)13-25-21(30)11-17-12-22(31)28-23(17)32/h1-10,17,19H,11-13H2,(H,25,30)(H,26,29)(H,27,33)(H,28,31,32). The minimum atomic E-state index is -0.694. The number of aromatic amines is 1. The Balaban J connectivity index is 1.52. The van der Waals surface area contributed by atoms with Crippen LogP contribution in [0.3, 0.4) is 0 Å². The van der Waals surface area contributed by atoms with Crippen LogP contribution < -0.4 is 21.5 Å². The molecule has 1 fully saturated rings. The number of imide groups is 1. The van der Waals surface area contributed by atoms with Crippen molar-refractivity contribution in [3.8, 4) is 0 Å². The van der Waals surface area contributed by atoms with Gasteiger partial charge < -0.3 is 15.6 Å². The Kier molecular flexibility index (Phi) is 6.30. The topological polar surface area (TPSA) is 137 Å². The number of pyridine rings is 1. The number of rotatable bonds is 7. The van der Waals surface area contributed by atoms with E-state index in [1.165, 1.54) is 18.2 Å². The summed E-state index contributed by atoms with van der Waals surface area (Å²) in [5.41, 5.74) is 0.456. The second-order valence-electron chi connectivity index (χ2n) is 7.88. The first-order valence-electron chi connectivity index (χ1n) is 10.5. The van der Waals surface area contributed by atoms with E-state index in [4.69, 9.17) is 0 Å². The Bertz CT molecular complexity index is 1300. The van der Waals surface area contributed by atoms with Crippen LogP contribution in [0.5, 0.6) is 0 Å². The highest BCUT2D eigenvalue weighted by atomic mass is 16.2. The molecule has 9 heteroatoms. The molecule has 1 saturated heterocycles. The third-order valence-corrected chi connectivity index (χ3v) is 5.49. The van der Waals surface area contributed by atoms with E-state index in [1.54, 1.807) is 0 Å². The summed E-state index contributed by atoms with van der Waals surface area (Å²) in [6, 6.07) is 17.1. The Labute approximate surface area is 188 Å². The maximum Gasteiger partial charge on any atom is 0.268 e. The van der Waals surface area contributed by atoms with Gasteiger partial charge in [-0.25, -0.2) is 0 Å². The van der Waals surface area contributed by atoms with Gasteiger partial charge in [-0.2, -0.15) is 0 Å². The van der Waals surface area contributed by atoms with Crippen molar-refractivity contribution in [2.75, 3.05) is 6.54 Å². The Morgan fingerprint density at radius 3 is 2.48 bits per heavy atom. The van der Waals surface area contributed by atoms with Gasteiger partial charge in [0.15, 0.2) is 0 Å². The summed E-state index contributed by atoms with van der Waals surface area (Å²) in [5.74, 6) is -2.45. The van der Waals surface area contributed by atoms with E-state index >= 15 is 0 Å². The molecule has 2 atom stereocenters. The zero-order valence-corrected chi connectivity index (χ0v) is 17.6. The molecular weight excluding hydrogens is 424 g/mol. The SMILES string of the molecule is O=C(CC1CC(=O)NC1=O)NCC(NC(=O)c1cccc(=O)[nH]1)c1ccc2ccccc2c1. The molecule has 1 aromatic heterocycles. The predicted octanol–water partition coefficient (Wildman–Crippen LogP) is 1.17. The summed E-state index contributed by atoms with van der Waals surface area (Å²) in [7, 11) is 0. The van der Waals surface area contributed by atoms with Gasteiger partial charge in [0.25, 0.3) is 5.91 Å². The number of hydrogen-bond acceptors (Lipinski definition) is 5. The Morgan fingerprint density at radius 2 is 1.76 bits per heavy atom. The molecule has 2 aromatic carbocycles. The van der Waals surface area contributed by atoms with Crippen molar-refractivity contribution in [1.29, 1.82) is 0 Å². The second kappa shape index (κ2) is 9.47. The molecule has 4 rings (SSSR count). The molecule has 0 spiro atoms. The van der Waals surface area contributed by atoms with Gasteiger partial charge in [0.05, 0.1) is 12.0 Å². The molecule has 0 radical (unpaired) electrons. The number of benzene rings is 2. The minimum absolute atomic E-state index is 0.0154. The average Bonchev–Trinajstić information content (AvgIpc) is 3.12. The van der Waals surface area contributed by atoms with Crippen molar-refractivity contribution in [1.82, 2.24) is 20.9 Å². The molecule has 0 bridgehead atoms. The molecule has 33 heavy (non-hydrogen) atoms. The van der Waals surface area contributed by atoms with Crippen molar-refractivity contribution >= 4 is 34.4 Å².